The molecule has 0 aromatic heterocycles. The van der Waals surface area contributed by atoms with Crippen molar-refractivity contribution in [2.45, 2.75) is 6.92 Å². The highest BCUT2D eigenvalue weighted by Gasteiger charge is 2.38. The number of hydrazine groups is 1. The Morgan fingerprint density at radius 2 is 1.82 bits per heavy atom. The van der Waals surface area contributed by atoms with Crippen LogP contribution in [0.4, 0.5) is 0 Å². The van der Waals surface area contributed by atoms with Gasteiger partial charge in [-0.05, 0) is 18.6 Å². The molecular weight excluding hydrogens is 244 g/mol. The molecule has 6 nitrogen and oxygen atoms in total. The molecule has 1 aromatic rings. The van der Waals surface area contributed by atoms with Crippen LogP contribution in [-0.2, 0) is 10.0 Å². The van der Waals surface area contributed by atoms with Crippen LogP contribution >= 0.6 is 0 Å². The molecule has 1 heterocycles. The molecule has 0 unspecified atom stereocenters. The number of nitrogens with one attached hydrogen (secondary N) is 1. The van der Waals surface area contributed by atoms with Gasteiger partial charge in [-0.25, -0.2) is 8.42 Å². The third-order valence-electron chi connectivity index (χ3n) is 2.38. The van der Waals surface area contributed by atoms with Gasteiger partial charge in [-0.15, -0.1) is 4.83 Å². The molecule has 7 heteroatoms. The van der Waals surface area contributed by atoms with Gasteiger partial charge in [-0.2, -0.15) is 5.01 Å². The van der Waals surface area contributed by atoms with Gasteiger partial charge >= 0.3 is 0 Å². The fraction of sp³-hybridized carbons (Fsp3) is 0.200. The second-order valence-corrected chi connectivity index (χ2v) is 5.53. The van der Waals surface area contributed by atoms with E-state index < -0.39 is 21.8 Å². The highest BCUT2D eigenvalue weighted by Crippen LogP contribution is 2.24. The van der Waals surface area contributed by atoms with Crippen molar-refractivity contribution in [3.05, 3.63) is 34.9 Å². The molecule has 0 bridgehead atoms. The molecule has 1 aliphatic rings. The first-order valence-corrected chi connectivity index (χ1v) is 6.66. The van der Waals surface area contributed by atoms with Gasteiger partial charge in [0.2, 0.25) is 10.0 Å². The zero-order valence-electron chi connectivity index (χ0n) is 9.22. The van der Waals surface area contributed by atoms with Gasteiger partial charge in [-0.3, -0.25) is 9.59 Å². The minimum Gasteiger partial charge on any atom is -0.267 e. The molecule has 1 N–H and O–H groups in total. The normalized spacial score (nSPS) is 15.3. The molecule has 0 saturated carbocycles. The average molecular weight is 254 g/mol. The Morgan fingerprint density at radius 3 is 2.35 bits per heavy atom. The fourth-order valence-electron chi connectivity index (χ4n) is 1.70. The number of hydrogen-bond donors (Lipinski definition) is 1. The van der Waals surface area contributed by atoms with Crippen LogP contribution in [-0.4, -0.2) is 31.5 Å². The number of amides is 2. The van der Waals surface area contributed by atoms with Crippen molar-refractivity contribution in [1.82, 2.24) is 9.84 Å². The molecule has 90 valence electrons. The summed E-state index contributed by atoms with van der Waals surface area (Å²) in [5, 5.41) is 0.521. The predicted octanol–water partition coefficient (Wildman–Crippen LogP) is 0.0552. The van der Waals surface area contributed by atoms with Crippen molar-refractivity contribution >= 4 is 21.8 Å². The lowest BCUT2D eigenvalue weighted by Gasteiger charge is -2.12. The molecule has 0 fully saturated rings. The van der Waals surface area contributed by atoms with Crippen LogP contribution in [0.15, 0.2) is 18.2 Å². The Morgan fingerprint density at radius 1 is 1.18 bits per heavy atom. The van der Waals surface area contributed by atoms with Crippen LogP contribution in [0.3, 0.4) is 0 Å². The molecule has 0 saturated heterocycles. The maximum Gasteiger partial charge on any atom is 0.277 e. The number of carbonyl (C=O) groups is 2. The van der Waals surface area contributed by atoms with Gasteiger partial charge in [0, 0.05) is 0 Å². The van der Waals surface area contributed by atoms with Crippen LogP contribution < -0.4 is 4.83 Å². The van der Waals surface area contributed by atoms with Crippen molar-refractivity contribution in [3.8, 4) is 0 Å². The molecule has 2 amide bonds. The van der Waals surface area contributed by atoms with Gasteiger partial charge in [0.25, 0.3) is 11.8 Å². The first kappa shape index (κ1) is 11.7. The summed E-state index contributed by atoms with van der Waals surface area (Å²) in [6, 6.07) is 4.82. The summed E-state index contributed by atoms with van der Waals surface area (Å²) in [6.45, 7) is 1.69. The quantitative estimate of drug-likeness (QED) is 0.756. The fourth-order valence-corrected chi connectivity index (χ4v) is 2.20. The monoisotopic (exact) mass is 254 g/mol. The lowest BCUT2D eigenvalue weighted by Crippen LogP contribution is -2.45. The van der Waals surface area contributed by atoms with E-state index in [1.165, 1.54) is 6.07 Å². The standard InChI is InChI=1S/C10H10N2O4S/c1-6-4-3-5-7-8(6)10(14)12(9(7)13)11-17(2,15)16/h3-5,11H,1-2H3. The zero-order chi connectivity index (χ0) is 12.8. The molecule has 0 radical (unpaired) electrons. The molecule has 1 aliphatic heterocycles. The summed E-state index contributed by atoms with van der Waals surface area (Å²) >= 11 is 0. The first-order valence-electron chi connectivity index (χ1n) is 4.77. The third-order valence-corrected chi connectivity index (χ3v) is 2.89. The number of fused-ring (bicyclic) bond motifs is 1. The predicted molar refractivity (Wildman–Crippen MR) is 59.7 cm³/mol. The van der Waals surface area contributed by atoms with E-state index in [0.29, 0.717) is 10.6 Å². The SMILES string of the molecule is Cc1cccc2c1C(=O)N(NS(C)(=O)=O)C2=O. The minimum atomic E-state index is -3.67. The average Bonchev–Trinajstić information content (AvgIpc) is 2.43. The van der Waals surface area contributed by atoms with Crippen molar-refractivity contribution in [2.75, 3.05) is 6.26 Å². The number of aryl methyl sites for hydroxylation is 1. The topological polar surface area (TPSA) is 83.6 Å². The smallest absolute Gasteiger partial charge is 0.267 e. The molecule has 1 aromatic carbocycles. The number of imide groups is 1. The second kappa shape index (κ2) is 3.64. The molecule has 2 rings (SSSR count). The van der Waals surface area contributed by atoms with Crippen molar-refractivity contribution in [3.63, 3.8) is 0 Å². The lowest BCUT2D eigenvalue weighted by molar-refractivity contribution is 0.0618. The Kier molecular flexibility index (Phi) is 2.52. The number of hydrogen-bond acceptors (Lipinski definition) is 4. The van der Waals surface area contributed by atoms with Gasteiger partial charge < -0.3 is 0 Å². The minimum absolute atomic E-state index is 0.214. The van der Waals surface area contributed by atoms with Crippen LogP contribution in [0.1, 0.15) is 26.3 Å². The Labute approximate surface area is 98.2 Å². The van der Waals surface area contributed by atoms with Crippen molar-refractivity contribution < 1.29 is 18.0 Å². The highest BCUT2D eigenvalue weighted by molar-refractivity contribution is 7.88. The molecular formula is C10H10N2O4S. The summed E-state index contributed by atoms with van der Waals surface area (Å²) in [6.07, 6.45) is 0.878. The van der Waals surface area contributed by atoms with E-state index in [4.69, 9.17) is 0 Å². The summed E-state index contributed by atoms with van der Waals surface area (Å²) in [4.78, 5) is 25.6. The largest absolute Gasteiger partial charge is 0.277 e. The molecule has 0 aliphatic carbocycles. The van der Waals surface area contributed by atoms with E-state index in [1.807, 2.05) is 4.83 Å². The lowest BCUT2D eigenvalue weighted by atomic mass is 10.0. The maximum absolute atomic E-state index is 11.9. The Bertz CT molecular complexity index is 621. The van der Waals surface area contributed by atoms with E-state index in [2.05, 4.69) is 0 Å². The Balaban J connectivity index is 2.50. The van der Waals surface area contributed by atoms with Crippen LogP contribution in [0, 0.1) is 6.92 Å². The molecule has 17 heavy (non-hydrogen) atoms. The van der Waals surface area contributed by atoms with E-state index in [9.17, 15) is 18.0 Å². The molecule has 0 spiro atoms. The second-order valence-electron chi connectivity index (χ2n) is 3.81. The first-order chi connectivity index (χ1) is 7.81. The number of nitrogens with zero attached hydrogens (tertiary/aromatic N) is 1. The summed E-state index contributed by atoms with van der Waals surface area (Å²) in [5.74, 6) is -1.30. The van der Waals surface area contributed by atoms with Gasteiger partial charge in [0.05, 0.1) is 17.4 Å². The molecule has 0 atom stereocenters. The van der Waals surface area contributed by atoms with Gasteiger partial charge in [0.15, 0.2) is 0 Å². The van der Waals surface area contributed by atoms with E-state index in [0.717, 1.165) is 6.26 Å². The summed E-state index contributed by atoms with van der Waals surface area (Å²) in [5.41, 5.74) is 1.10. The summed E-state index contributed by atoms with van der Waals surface area (Å²) in [7, 11) is -3.67. The highest BCUT2D eigenvalue weighted by atomic mass is 32.2. The van der Waals surface area contributed by atoms with Crippen molar-refractivity contribution in [1.29, 1.82) is 0 Å². The number of benzene rings is 1. The van der Waals surface area contributed by atoms with Gasteiger partial charge in [-0.1, -0.05) is 12.1 Å². The third kappa shape index (κ3) is 1.94. The maximum atomic E-state index is 11.9. The Hall–Kier alpha value is -1.73. The number of carbonyl (C=O) groups excluding carboxylic acids is 2. The van der Waals surface area contributed by atoms with Crippen LogP contribution in [0.25, 0.3) is 0 Å². The zero-order valence-corrected chi connectivity index (χ0v) is 10.0. The van der Waals surface area contributed by atoms with Crippen LogP contribution in [0.2, 0.25) is 0 Å². The van der Waals surface area contributed by atoms with E-state index in [-0.39, 0.29) is 11.1 Å². The summed E-state index contributed by atoms with van der Waals surface area (Å²) < 4.78 is 22.1. The van der Waals surface area contributed by atoms with Gasteiger partial charge in [0.1, 0.15) is 0 Å². The number of sulfonamides is 1. The van der Waals surface area contributed by atoms with Crippen LogP contribution in [0.5, 0.6) is 0 Å². The van der Waals surface area contributed by atoms with E-state index in [1.54, 1.807) is 19.1 Å². The number of rotatable bonds is 2. The van der Waals surface area contributed by atoms with E-state index >= 15 is 0 Å². The van der Waals surface area contributed by atoms with Crippen molar-refractivity contribution in [2.24, 2.45) is 0 Å².